The number of rotatable bonds is 1. The van der Waals surface area contributed by atoms with Gasteiger partial charge in [-0.2, -0.15) is 0 Å². The smallest absolute Gasteiger partial charge is 0.0765 e. The normalized spacial score (nSPS) is 9.58. The summed E-state index contributed by atoms with van der Waals surface area (Å²) in [6.45, 7) is 3.81. The van der Waals surface area contributed by atoms with E-state index >= 15 is 0 Å². The number of nitrogens with one attached hydrogen (secondary N) is 1. The fraction of sp³-hybridized carbons (Fsp3) is 0.222. The van der Waals surface area contributed by atoms with Crippen LogP contribution in [0.25, 0.3) is 0 Å². The van der Waals surface area contributed by atoms with Gasteiger partial charge in [-0.15, -0.1) is 0 Å². The molecule has 0 heterocycles. The van der Waals surface area contributed by atoms with Crippen molar-refractivity contribution in [3.8, 4) is 0 Å². The van der Waals surface area contributed by atoms with E-state index in [2.05, 4.69) is 5.32 Å². The van der Waals surface area contributed by atoms with Crippen molar-refractivity contribution in [3.63, 3.8) is 0 Å². The summed E-state index contributed by atoms with van der Waals surface area (Å²) in [6.07, 6.45) is 0. The summed E-state index contributed by atoms with van der Waals surface area (Å²) >= 11 is 10.8. The second-order valence-electron chi connectivity index (χ2n) is 2.65. The van der Waals surface area contributed by atoms with Crippen molar-refractivity contribution >= 4 is 34.5 Å². The van der Waals surface area contributed by atoms with Gasteiger partial charge in [0, 0.05) is 10.7 Å². The van der Waals surface area contributed by atoms with Crippen molar-refractivity contribution in [2.75, 3.05) is 5.32 Å². The van der Waals surface area contributed by atoms with Crippen LogP contribution < -0.4 is 5.32 Å². The number of hydrogen-bond donors (Lipinski definition) is 1. The fourth-order valence-corrected chi connectivity index (χ4v) is 1.16. The Kier molecular flexibility index (Phi) is 3.06. The molecule has 0 aliphatic carbocycles. The maximum atomic E-state index is 5.86. The zero-order valence-electron chi connectivity index (χ0n) is 7.02. The lowest BCUT2D eigenvalue weighted by Gasteiger charge is -2.05. The SMILES string of the molecule is CC(=S)Nc1ccc(Cl)c(C)c1. The molecule has 64 valence electrons. The topological polar surface area (TPSA) is 12.0 Å². The molecule has 0 aliphatic heterocycles. The molecule has 1 nitrogen and oxygen atoms in total. The van der Waals surface area contributed by atoms with Gasteiger partial charge >= 0.3 is 0 Å². The molecule has 0 amide bonds. The first kappa shape index (κ1) is 9.49. The van der Waals surface area contributed by atoms with Crippen molar-refractivity contribution in [3.05, 3.63) is 28.8 Å². The van der Waals surface area contributed by atoms with E-state index in [9.17, 15) is 0 Å². The minimum atomic E-state index is 0.761. The zero-order chi connectivity index (χ0) is 9.14. The molecular weight excluding hydrogens is 190 g/mol. The van der Waals surface area contributed by atoms with Gasteiger partial charge in [0.25, 0.3) is 0 Å². The molecule has 0 fully saturated rings. The Hall–Kier alpha value is -0.600. The molecule has 1 aromatic carbocycles. The highest BCUT2D eigenvalue weighted by Gasteiger charge is 1.96. The average molecular weight is 200 g/mol. The Morgan fingerprint density at radius 3 is 2.67 bits per heavy atom. The second kappa shape index (κ2) is 3.87. The molecule has 0 saturated carbocycles. The van der Waals surface area contributed by atoms with E-state index < -0.39 is 0 Å². The molecule has 0 aliphatic rings. The van der Waals surface area contributed by atoms with Gasteiger partial charge in [-0.05, 0) is 37.6 Å². The van der Waals surface area contributed by atoms with E-state index in [-0.39, 0.29) is 0 Å². The number of thiocarbonyl (C=S) groups is 1. The van der Waals surface area contributed by atoms with Crippen LogP contribution in [0.1, 0.15) is 12.5 Å². The van der Waals surface area contributed by atoms with E-state index in [0.717, 1.165) is 21.3 Å². The van der Waals surface area contributed by atoms with Crippen LogP contribution in [0, 0.1) is 6.92 Å². The molecule has 0 saturated heterocycles. The molecule has 0 aromatic heterocycles. The molecule has 3 heteroatoms. The van der Waals surface area contributed by atoms with E-state index in [1.807, 2.05) is 32.0 Å². The summed E-state index contributed by atoms with van der Waals surface area (Å²) in [4.78, 5) is 0.761. The molecular formula is C9H10ClNS. The maximum Gasteiger partial charge on any atom is 0.0765 e. The summed E-state index contributed by atoms with van der Waals surface area (Å²) in [5.41, 5.74) is 2.04. The molecule has 1 rings (SSSR count). The summed E-state index contributed by atoms with van der Waals surface area (Å²) in [7, 11) is 0. The van der Waals surface area contributed by atoms with Crippen molar-refractivity contribution < 1.29 is 0 Å². The predicted octanol–water partition coefficient (Wildman–Crippen LogP) is 3.41. The van der Waals surface area contributed by atoms with Gasteiger partial charge in [0.15, 0.2) is 0 Å². The highest BCUT2D eigenvalue weighted by Crippen LogP contribution is 2.19. The van der Waals surface area contributed by atoms with Crippen LogP contribution >= 0.6 is 23.8 Å². The number of benzene rings is 1. The van der Waals surface area contributed by atoms with Gasteiger partial charge in [0.05, 0.1) is 4.99 Å². The Morgan fingerprint density at radius 1 is 1.50 bits per heavy atom. The van der Waals surface area contributed by atoms with Gasteiger partial charge in [-0.25, -0.2) is 0 Å². The highest BCUT2D eigenvalue weighted by atomic mass is 35.5. The van der Waals surface area contributed by atoms with E-state index in [1.54, 1.807) is 0 Å². The minimum absolute atomic E-state index is 0.761. The Labute approximate surface area is 82.7 Å². The maximum absolute atomic E-state index is 5.86. The molecule has 1 N–H and O–H groups in total. The third kappa shape index (κ3) is 2.47. The lowest BCUT2D eigenvalue weighted by atomic mass is 10.2. The Bertz CT molecular complexity index is 309. The van der Waals surface area contributed by atoms with Crippen LogP contribution in [0.5, 0.6) is 0 Å². The number of halogens is 1. The summed E-state index contributed by atoms with van der Waals surface area (Å²) in [5, 5.41) is 3.83. The number of aryl methyl sites for hydroxylation is 1. The van der Waals surface area contributed by atoms with Crippen molar-refractivity contribution in [2.45, 2.75) is 13.8 Å². The first-order valence-corrected chi connectivity index (χ1v) is 4.42. The minimum Gasteiger partial charge on any atom is -0.350 e. The van der Waals surface area contributed by atoms with Gasteiger partial charge in [-0.1, -0.05) is 23.8 Å². The molecule has 0 atom stereocenters. The average Bonchev–Trinajstić information content (AvgIpc) is 1.96. The molecule has 0 radical (unpaired) electrons. The van der Waals surface area contributed by atoms with Crippen molar-refractivity contribution in [1.29, 1.82) is 0 Å². The molecule has 0 spiro atoms. The van der Waals surface area contributed by atoms with Crippen LogP contribution in [0.2, 0.25) is 5.02 Å². The van der Waals surface area contributed by atoms with E-state index in [4.69, 9.17) is 23.8 Å². The first-order valence-electron chi connectivity index (χ1n) is 3.63. The first-order chi connectivity index (χ1) is 5.59. The summed E-state index contributed by atoms with van der Waals surface area (Å²) in [6, 6.07) is 5.74. The van der Waals surface area contributed by atoms with Gasteiger partial charge in [0.1, 0.15) is 0 Å². The van der Waals surface area contributed by atoms with Gasteiger partial charge in [0.2, 0.25) is 0 Å². The lowest BCUT2D eigenvalue weighted by Crippen LogP contribution is -2.03. The Morgan fingerprint density at radius 2 is 2.17 bits per heavy atom. The highest BCUT2D eigenvalue weighted by molar-refractivity contribution is 7.80. The summed E-state index contributed by atoms with van der Waals surface area (Å²) < 4.78 is 0. The van der Waals surface area contributed by atoms with Crippen molar-refractivity contribution in [1.82, 2.24) is 0 Å². The van der Waals surface area contributed by atoms with Crippen LogP contribution in [0.3, 0.4) is 0 Å². The van der Waals surface area contributed by atoms with Crippen LogP contribution in [-0.4, -0.2) is 4.99 Å². The quantitative estimate of drug-likeness (QED) is 0.696. The van der Waals surface area contributed by atoms with Crippen LogP contribution in [0.4, 0.5) is 5.69 Å². The standard InChI is InChI=1S/C9H10ClNS/c1-6-5-8(11-7(2)12)3-4-9(6)10/h3-5H,1-2H3,(H,11,12). The van der Waals surface area contributed by atoms with Crippen LogP contribution in [0.15, 0.2) is 18.2 Å². The molecule has 12 heavy (non-hydrogen) atoms. The third-order valence-corrected chi connectivity index (χ3v) is 2.00. The molecule has 0 unspecified atom stereocenters. The van der Waals surface area contributed by atoms with Gasteiger partial charge in [-0.3, -0.25) is 0 Å². The van der Waals surface area contributed by atoms with E-state index in [0.29, 0.717) is 0 Å². The third-order valence-electron chi connectivity index (χ3n) is 1.48. The number of anilines is 1. The predicted molar refractivity (Wildman–Crippen MR) is 58.1 cm³/mol. The monoisotopic (exact) mass is 199 g/mol. The van der Waals surface area contributed by atoms with Crippen LogP contribution in [-0.2, 0) is 0 Å². The largest absolute Gasteiger partial charge is 0.350 e. The van der Waals surface area contributed by atoms with Gasteiger partial charge < -0.3 is 5.32 Å². The summed E-state index contributed by atoms with van der Waals surface area (Å²) in [5.74, 6) is 0. The molecule has 0 bridgehead atoms. The zero-order valence-corrected chi connectivity index (χ0v) is 8.59. The molecule has 1 aromatic rings. The number of hydrogen-bond acceptors (Lipinski definition) is 1. The van der Waals surface area contributed by atoms with E-state index in [1.165, 1.54) is 0 Å². The Balaban J connectivity index is 2.89. The lowest BCUT2D eigenvalue weighted by molar-refractivity contribution is 1.46. The van der Waals surface area contributed by atoms with Crippen molar-refractivity contribution in [2.24, 2.45) is 0 Å². The fourth-order valence-electron chi connectivity index (χ4n) is 0.926. The second-order valence-corrected chi connectivity index (χ2v) is 3.66.